The smallest absolute Gasteiger partial charge is 0.123 e. The molecule has 1 aromatic rings. The van der Waals surface area contributed by atoms with Crippen LogP contribution in [-0.2, 0) is 6.42 Å². The maximum Gasteiger partial charge on any atom is 0.123 e. The summed E-state index contributed by atoms with van der Waals surface area (Å²) in [6, 6.07) is 6.63. The van der Waals surface area contributed by atoms with E-state index in [4.69, 9.17) is 0 Å². The van der Waals surface area contributed by atoms with Crippen molar-refractivity contribution in [2.45, 2.75) is 19.3 Å². The van der Waals surface area contributed by atoms with E-state index in [2.05, 4.69) is 11.9 Å². The van der Waals surface area contributed by atoms with Crippen LogP contribution < -0.4 is 0 Å². The van der Waals surface area contributed by atoms with Crippen LogP contribution in [0.15, 0.2) is 24.3 Å². The van der Waals surface area contributed by atoms with Gasteiger partial charge in [-0.15, -0.1) is 0 Å². The first-order valence-electron chi connectivity index (χ1n) is 6.17. The summed E-state index contributed by atoms with van der Waals surface area (Å²) >= 11 is 0. The Morgan fingerprint density at radius 1 is 1.35 bits per heavy atom. The first kappa shape index (κ1) is 12.5. The molecule has 1 N–H and O–H groups in total. The first-order valence-corrected chi connectivity index (χ1v) is 6.17. The van der Waals surface area contributed by atoms with Crippen LogP contribution in [0.25, 0.3) is 0 Å². The summed E-state index contributed by atoms with van der Waals surface area (Å²) in [5, 5.41) is 9.67. The van der Waals surface area contributed by atoms with Crippen molar-refractivity contribution in [2.75, 3.05) is 26.7 Å². The SMILES string of the molecule is CN1CCC[C@@](CO)(Cc2ccc(F)cc2)C1. The lowest BCUT2D eigenvalue weighted by atomic mass is 9.76. The highest BCUT2D eigenvalue weighted by atomic mass is 19.1. The Bertz CT molecular complexity index is 365. The van der Waals surface area contributed by atoms with Gasteiger partial charge in [0.05, 0.1) is 6.61 Å². The summed E-state index contributed by atoms with van der Waals surface area (Å²) in [6.45, 7) is 2.22. The van der Waals surface area contributed by atoms with Crippen LogP contribution >= 0.6 is 0 Å². The lowest BCUT2D eigenvalue weighted by Crippen LogP contribution is -2.44. The quantitative estimate of drug-likeness (QED) is 0.870. The molecular weight excluding hydrogens is 217 g/mol. The van der Waals surface area contributed by atoms with E-state index in [0.29, 0.717) is 0 Å². The fraction of sp³-hybridized carbons (Fsp3) is 0.571. The van der Waals surface area contributed by atoms with Gasteiger partial charge in [0.2, 0.25) is 0 Å². The average molecular weight is 237 g/mol. The highest BCUT2D eigenvalue weighted by Crippen LogP contribution is 2.32. The molecule has 94 valence electrons. The molecule has 0 radical (unpaired) electrons. The second kappa shape index (κ2) is 5.15. The van der Waals surface area contributed by atoms with E-state index in [1.807, 2.05) is 12.1 Å². The Balaban J connectivity index is 2.10. The Kier molecular flexibility index (Phi) is 3.79. The average Bonchev–Trinajstić information content (AvgIpc) is 2.32. The van der Waals surface area contributed by atoms with Crippen molar-refractivity contribution in [3.05, 3.63) is 35.6 Å². The lowest BCUT2D eigenvalue weighted by Gasteiger charge is -2.40. The van der Waals surface area contributed by atoms with E-state index in [0.717, 1.165) is 37.9 Å². The van der Waals surface area contributed by atoms with Crippen molar-refractivity contribution >= 4 is 0 Å². The second-order valence-corrected chi connectivity index (χ2v) is 5.30. The minimum absolute atomic E-state index is 0.0508. The number of halogens is 1. The van der Waals surface area contributed by atoms with Crippen molar-refractivity contribution in [1.82, 2.24) is 4.90 Å². The van der Waals surface area contributed by atoms with Crippen molar-refractivity contribution in [3.8, 4) is 0 Å². The normalized spacial score (nSPS) is 26.1. The van der Waals surface area contributed by atoms with Crippen LogP contribution in [-0.4, -0.2) is 36.8 Å². The zero-order valence-electron chi connectivity index (χ0n) is 10.3. The summed E-state index contributed by atoms with van der Waals surface area (Å²) in [5.41, 5.74) is 1.06. The highest BCUT2D eigenvalue weighted by molar-refractivity contribution is 5.18. The number of rotatable bonds is 3. The van der Waals surface area contributed by atoms with Gasteiger partial charge in [-0.05, 0) is 50.6 Å². The molecule has 0 bridgehead atoms. The van der Waals surface area contributed by atoms with Gasteiger partial charge in [0, 0.05) is 12.0 Å². The molecule has 1 heterocycles. The van der Waals surface area contributed by atoms with Crippen LogP contribution in [0, 0.1) is 11.2 Å². The molecular formula is C14H20FNO. The molecule has 1 saturated heterocycles. The third-order valence-electron chi connectivity index (χ3n) is 3.68. The Hall–Kier alpha value is -0.930. The van der Waals surface area contributed by atoms with Gasteiger partial charge in [-0.25, -0.2) is 4.39 Å². The second-order valence-electron chi connectivity index (χ2n) is 5.30. The zero-order valence-corrected chi connectivity index (χ0v) is 10.3. The van der Waals surface area contributed by atoms with Crippen molar-refractivity contribution in [3.63, 3.8) is 0 Å². The lowest BCUT2D eigenvalue weighted by molar-refractivity contribution is 0.0439. The summed E-state index contributed by atoms with van der Waals surface area (Å²) in [4.78, 5) is 2.27. The van der Waals surface area contributed by atoms with Crippen molar-refractivity contribution < 1.29 is 9.50 Å². The molecule has 1 fully saturated rings. The van der Waals surface area contributed by atoms with E-state index in [9.17, 15) is 9.50 Å². The van der Waals surface area contributed by atoms with Crippen LogP contribution in [0.4, 0.5) is 4.39 Å². The monoisotopic (exact) mass is 237 g/mol. The fourth-order valence-electron chi connectivity index (χ4n) is 2.82. The van der Waals surface area contributed by atoms with Crippen molar-refractivity contribution in [2.24, 2.45) is 5.41 Å². The Morgan fingerprint density at radius 2 is 2.06 bits per heavy atom. The minimum atomic E-state index is -0.201. The summed E-state index contributed by atoms with van der Waals surface area (Å²) in [7, 11) is 2.09. The molecule has 0 aliphatic carbocycles. The molecule has 0 amide bonds. The van der Waals surface area contributed by atoms with Gasteiger partial charge < -0.3 is 10.0 Å². The number of aliphatic hydroxyl groups excluding tert-OH is 1. The molecule has 1 aliphatic heterocycles. The Labute approximate surface area is 102 Å². The highest BCUT2D eigenvalue weighted by Gasteiger charge is 2.33. The summed E-state index contributed by atoms with van der Waals surface area (Å²) < 4.78 is 12.8. The summed E-state index contributed by atoms with van der Waals surface area (Å²) in [6.07, 6.45) is 3.00. The van der Waals surface area contributed by atoms with E-state index in [1.165, 1.54) is 12.1 Å². The molecule has 1 aliphatic rings. The van der Waals surface area contributed by atoms with Gasteiger partial charge in [0.25, 0.3) is 0 Å². The molecule has 0 saturated carbocycles. The molecule has 1 atom stereocenters. The molecule has 0 unspecified atom stereocenters. The molecule has 1 aromatic carbocycles. The maximum atomic E-state index is 12.8. The number of aliphatic hydroxyl groups is 1. The molecule has 2 rings (SSSR count). The number of nitrogens with zero attached hydrogens (tertiary/aromatic N) is 1. The Morgan fingerprint density at radius 3 is 2.65 bits per heavy atom. The molecule has 0 spiro atoms. The topological polar surface area (TPSA) is 23.5 Å². The molecule has 2 nitrogen and oxygen atoms in total. The predicted molar refractivity (Wildman–Crippen MR) is 66.4 cm³/mol. The van der Waals surface area contributed by atoms with Crippen LogP contribution in [0.5, 0.6) is 0 Å². The third-order valence-corrected chi connectivity index (χ3v) is 3.68. The van der Waals surface area contributed by atoms with Gasteiger partial charge in [-0.1, -0.05) is 12.1 Å². The van der Waals surface area contributed by atoms with Crippen molar-refractivity contribution in [1.29, 1.82) is 0 Å². The number of hydrogen-bond donors (Lipinski definition) is 1. The van der Waals surface area contributed by atoms with Gasteiger partial charge in [0.15, 0.2) is 0 Å². The molecule has 3 heteroatoms. The largest absolute Gasteiger partial charge is 0.396 e. The molecule has 0 aromatic heterocycles. The van der Waals surface area contributed by atoms with Gasteiger partial charge in [-0.3, -0.25) is 0 Å². The number of hydrogen-bond acceptors (Lipinski definition) is 2. The predicted octanol–water partition coefficient (Wildman–Crippen LogP) is 2.07. The summed E-state index contributed by atoms with van der Waals surface area (Å²) in [5.74, 6) is -0.201. The van der Waals surface area contributed by atoms with E-state index < -0.39 is 0 Å². The fourth-order valence-corrected chi connectivity index (χ4v) is 2.82. The zero-order chi connectivity index (χ0) is 12.3. The number of benzene rings is 1. The molecule has 17 heavy (non-hydrogen) atoms. The van der Waals surface area contributed by atoms with Crippen LogP contribution in [0.1, 0.15) is 18.4 Å². The van der Waals surface area contributed by atoms with E-state index in [1.54, 1.807) is 0 Å². The minimum Gasteiger partial charge on any atom is -0.396 e. The van der Waals surface area contributed by atoms with Crippen LogP contribution in [0.3, 0.4) is 0 Å². The maximum absolute atomic E-state index is 12.8. The van der Waals surface area contributed by atoms with Gasteiger partial charge in [-0.2, -0.15) is 0 Å². The van der Waals surface area contributed by atoms with Gasteiger partial charge >= 0.3 is 0 Å². The van der Waals surface area contributed by atoms with Gasteiger partial charge in [0.1, 0.15) is 5.82 Å². The van der Waals surface area contributed by atoms with Crippen LogP contribution in [0.2, 0.25) is 0 Å². The van der Waals surface area contributed by atoms with E-state index in [-0.39, 0.29) is 17.8 Å². The standard InChI is InChI=1S/C14H20FNO/c1-16-8-2-7-14(10-16,11-17)9-12-3-5-13(15)6-4-12/h3-6,17H,2,7-11H2,1H3/t14-/m1/s1. The first-order chi connectivity index (χ1) is 8.13. The number of likely N-dealkylation sites (tertiary alicyclic amines) is 1. The number of piperidine rings is 1. The van der Waals surface area contributed by atoms with E-state index >= 15 is 0 Å². The third kappa shape index (κ3) is 3.05.